The molecule has 2 rings (SSSR count). The molecule has 1 fully saturated rings. The molecule has 2 unspecified atom stereocenters. The first-order valence-electron chi connectivity index (χ1n) is 7.94. The van der Waals surface area contributed by atoms with Crippen molar-refractivity contribution in [2.45, 2.75) is 43.5 Å². The molecule has 0 saturated carbocycles. The minimum atomic E-state index is -4.96. The smallest absolute Gasteiger partial charge is 0.406 e. The van der Waals surface area contributed by atoms with Crippen LogP contribution in [0.15, 0.2) is 24.3 Å². The van der Waals surface area contributed by atoms with E-state index in [9.17, 15) is 31.4 Å². The van der Waals surface area contributed by atoms with Crippen molar-refractivity contribution in [3.8, 4) is 5.75 Å². The number of benzene rings is 1. The molecule has 0 amide bonds. The lowest BCUT2D eigenvalue weighted by molar-refractivity contribution is -0.275. The Bertz CT molecular complexity index is 592. The monoisotopic (exact) mass is 423 g/mol. The van der Waals surface area contributed by atoms with Crippen molar-refractivity contribution in [3.05, 3.63) is 29.8 Å². The van der Waals surface area contributed by atoms with E-state index in [4.69, 9.17) is 4.74 Å². The van der Waals surface area contributed by atoms with Crippen LogP contribution < -0.4 is 10.1 Å². The molecule has 4 nitrogen and oxygen atoms in total. The van der Waals surface area contributed by atoms with Gasteiger partial charge in [0.05, 0.1) is 18.3 Å². The van der Waals surface area contributed by atoms with Crippen molar-refractivity contribution < 1.29 is 40.9 Å². The largest absolute Gasteiger partial charge is 0.573 e. The predicted octanol–water partition coefficient (Wildman–Crippen LogP) is 3.61. The van der Waals surface area contributed by atoms with Gasteiger partial charge in [0, 0.05) is 25.9 Å². The fourth-order valence-electron chi connectivity index (χ4n) is 2.84. The van der Waals surface area contributed by atoms with Gasteiger partial charge in [-0.1, -0.05) is 18.2 Å². The Morgan fingerprint density at radius 2 is 1.78 bits per heavy atom. The van der Waals surface area contributed by atoms with Gasteiger partial charge in [-0.2, -0.15) is 13.2 Å². The maximum Gasteiger partial charge on any atom is 0.573 e. The third-order valence-electron chi connectivity index (χ3n) is 4.06. The van der Waals surface area contributed by atoms with E-state index in [-0.39, 0.29) is 31.1 Å². The molecule has 2 N–H and O–H groups in total. The molecule has 0 bridgehead atoms. The van der Waals surface area contributed by atoms with Gasteiger partial charge in [-0.25, -0.2) is 0 Å². The SMILES string of the molecule is Cl.OC(CCC(F)(F)F)(Cc1ccccc1OC(F)(F)F)C1CNCCO1. The topological polar surface area (TPSA) is 50.7 Å². The van der Waals surface area contributed by atoms with E-state index in [1.54, 1.807) is 0 Å². The van der Waals surface area contributed by atoms with E-state index in [1.165, 1.54) is 18.2 Å². The van der Waals surface area contributed by atoms with Gasteiger partial charge >= 0.3 is 12.5 Å². The van der Waals surface area contributed by atoms with Crippen molar-refractivity contribution in [1.82, 2.24) is 5.32 Å². The molecule has 1 heterocycles. The van der Waals surface area contributed by atoms with Crippen molar-refractivity contribution in [2.75, 3.05) is 19.7 Å². The lowest BCUT2D eigenvalue weighted by Crippen LogP contribution is -2.54. The highest BCUT2D eigenvalue weighted by molar-refractivity contribution is 5.85. The van der Waals surface area contributed by atoms with Gasteiger partial charge < -0.3 is 19.9 Å². The summed E-state index contributed by atoms with van der Waals surface area (Å²) in [6, 6.07) is 5.05. The second-order valence-corrected chi connectivity index (χ2v) is 6.11. The maximum absolute atomic E-state index is 12.7. The quantitative estimate of drug-likeness (QED) is 0.686. The maximum atomic E-state index is 12.7. The Labute approximate surface area is 158 Å². The van der Waals surface area contributed by atoms with Gasteiger partial charge in [0.1, 0.15) is 5.75 Å². The molecule has 1 aliphatic rings. The van der Waals surface area contributed by atoms with E-state index in [2.05, 4.69) is 10.1 Å². The summed E-state index contributed by atoms with van der Waals surface area (Å²) in [4.78, 5) is 0. The summed E-state index contributed by atoms with van der Waals surface area (Å²) in [5, 5.41) is 13.8. The Hall–Kier alpha value is -1.23. The van der Waals surface area contributed by atoms with Crippen LogP contribution >= 0.6 is 12.4 Å². The number of halogens is 7. The Balaban J connectivity index is 0.00000364. The van der Waals surface area contributed by atoms with Crippen LogP contribution in [0.3, 0.4) is 0 Å². The van der Waals surface area contributed by atoms with Crippen LogP contribution in [0.25, 0.3) is 0 Å². The van der Waals surface area contributed by atoms with E-state index in [1.807, 2.05) is 0 Å². The molecule has 0 aromatic heterocycles. The summed E-state index contributed by atoms with van der Waals surface area (Å²) in [5.41, 5.74) is -2.06. The van der Waals surface area contributed by atoms with Crippen molar-refractivity contribution in [1.29, 1.82) is 0 Å². The molecule has 1 aromatic carbocycles. The molecule has 1 aliphatic heterocycles. The average Bonchev–Trinajstić information content (AvgIpc) is 2.54. The molecule has 1 aromatic rings. The fourth-order valence-corrected chi connectivity index (χ4v) is 2.84. The minimum absolute atomic E-state index is 0. The number of alkyl halides is 6. The van der Waals surface area contributed by atoms with E-state index in [0.717, 1.165) is 6.07 Å². The van der Waals surface area contributed by atoms with Crippen LogP contribution in [0.1, 0.15) is 18.4 Å². The van der Waals surface area contributed by atoms with Crippen LogP contribution in [0.4, 0.5) is 26.3 Å². The summed E-state index contributed by atoms with van der Waals surface area (Å²) >= 11 is 0. The Kier molecular flexibility index (Phi) is 8.21. The van der Waals surface area contributed by atoms with Crippen molar-refractivity contribution in [3.63, 3.8) is 0 Å². The number of hydrogen-bond donors (Lipinski definition) is 2. The first-order valence-corrected chi connectivity index (χ1v) is 7.94. The molecule has 2 atom stereocenters. The lowest BCUT2D eigenvalue weighted by atomic mass is 9.84. The molecular formula is C16H20ClF6NO3. The van der Waals surface area contributed by atoms with Gasteiger partial charge in [-0.05, 0) is 18.1 Å². The number of hydrogen-bond acceptors (Lipinski definition) is 4. The van der Waals surface area contributed by atoms with Crippen molar-refractivity contribution in [2.24, 2.45) is 0 Å². The zero-order chi connectivity index (χ0) is 19.4. The predicted molar refractivity (Wildman–Crippen MR) is 86.9 cm³/mol. The number of rotatable bonds is 6. The molecule has 156 valence electrons. The lowest BCUT2D eigenvalue weighted by Gasteiger charge is -2.39. The van der Waals surface area contributed by atoms with Crippen LogP contribution in [0, 0.1) is 0 Å². The molecular weight excluding hydrogens is 404 g/mol. The van der Waals surface area contributed by atoms with Gasteiger partial charge in [-0.3, -0.25) is 0 Å². The molecule has 0 spiro atoms. The molecule has 0 aliphatic carbocycles. The van der Waals surface area contributed by atoms with Crippen LogP contribution in [0.2, 0.25) is 0 Å². The van der Waals surface area contributed by atoms with Gasteiger partial charge in [0.25, 0.3) is 0 Å². The normalized spacial score (nSPS) is 20.5. The number of nitrogens with one attached hydrogen (secondary N) is 1. The van der Waals surface area contributed by atoms with E-state index >= 15 is 0 Å². The highest BCUT2D eigenvalue weighted by Crippen LogP contribution is 2.35. The number of aliphatic hydroxyl groups is 1. The highest BCUT2D eigenvalue weighted by atomic mass is 35.5. The van der Waals surface area contributed by atoms with E-state index < -0.39 is 49.3 Å². The summed E-state index contributed by atoms with van der Waals surface area (Å²) < 4.78 is 84.9. The summed E-state index contributed by atoms with van der Waals surface area (Å²) in [6.45, 7) is 0.746. The Morgan fingerprint density at radius 1 is 1.11 bits per heavy atom. The standard InChI is InChI=1S/C16H19F6NO3.ClH/c17-15(18,19)6-5-14(24,13-10-23-7-8-25-13)9-11-3-1-2-4-12(11)26-16(20,21)22;/h1-4,13,23-24H,5-10H2;1H. The molecule has 11 heteroatoms. The van der Waals surface area contributed by atoms with E-state index in [0.29, 0.717) is 6.54 Å². The number of morpholine rings is 1. The zero-order valence-electron chi connectivity index (χ0n) is 14.1. The second-order valence-electron chi connectivity index (χ2n) is 6.11. The summed E-state index contributed by atoms with van der Waals surface area (Å²) in [5.74, 6) is -0.561. The highest BCUT2D eigenvalue weighted by Gasteiger charge is 2.43. The van der Waals surface area contributed by atoms with Crippen LogP contribution in [-0.4, -0.2) is 49.0 Å². The first kappa shape index (κ1) is 23.8. The zero-order valence-corrected chi connectivity index (χ0v) is 14.9. The number of para-hydroxylation sites is 1. The molecule has 27 heavy (non-hydrogen) atoms. The Morgan fingerprint density at radius 3 is 2.33 bits per heavy atom. The summed E-state index contributed by atoms with van der Waals surface area (Å²) in [7, 11) is 0. The van der Waals surface area contributed by atoms with Gasteiger partial charge in [-0.15, -0.1) is 25.6 Å². The second kappa shape index (κ2) is 9.31. The van der Waals surface area contributed by atoms with Crippen LogP contribution in [-0.2, 0) is 11.2 Å². The molecule has 1 saturated heterocycles. The summed E-state index contributed by atoms with van der Waals surface area (Å²) in [6.07, 6.45) is -12.9. The third kappa shape index (κ3) is 7.73. The number of ether oxygens (including phenoxy) is 2. The van der Waals surface area contributed by atoms with Crippen molar-refractivity contribution >= 4 is 12.4 Å². The average molecular weight is 424 g/mol. The van der Waals surface area contributed by atoms with Gasteiger partial charge in [0.15, 0.2) is 0 Å². The van der Waals surface area contributed by atoms with Gasteiger partial charge in [0.2, 0.25) is 0 Å². The minimum Gasteiger partial charge on any atom is -0.406 e. The van der Waals surface area contributed by atoms with Crippen LogP contribution in [0.5, 0.6) is 5.75 Å². The molecule has 0 radical (unpaired) electrons. The fraction of sp³-hybridized carbons (Fsp3) is 0.625. The third-order valence-corrected chi connectivity index (χ3v) is 4.06. The first-order chi connectivity index (χ1) is 12.0.